The van der Waals surface area contributed by atoms with Crippen LogP contribution in [0.25, 0.3) is 0 Å². The van der Waals surface area contributed by atoms with E-state index in [1.807, 2.05) is 0 Å². The minimum atomic E-state index is -5.04. The van der Waals surface area contributed by atoms with Gasteiger partial charge in [0.25, 0.3) is 5.91 Å². The van der Waals surface area contributed by atoms with Gasteiger partial charge in [-0.1, -0.05) is 6.07 Å². The number of aromatic nitrogens is 2. The maximum absolute atomic E-state index is 13.9. The quantitative estimate of drug-likeness (QED) is 0.671. The van der Waals surface area contributed by atoms with Crippen LogP contribution in [0.3, 0.4) is 0 Å². The van der Waals surface area contributed by atoms with Crippen LogP contribution in [0.2, 0.25) is 0 Å². The number of amides is 2. The van der Waals surface area contributed by atoms with Crippen molar-refractivity contribution in [1.82, 2.24) is 20.0 Å². The Morgan fingerprint density at radius 2 is 1.78 bits per heavy atom. The minimum absolute atomic E-state index is 0.0867. The number of carboxylic acid groups (broad SMARTS) is 1. The molecule has 0 atom stereocenters. The summed E-state index contributed by atoms with van der Waals surface area (Å²) in [7, 11) is 0. The van der Waals surface area contributed by atoms with Gasteiger partial charge in [-0.15, -0.1) is 0 Å². The highest BCUT2D eigenvalue weighted by Crippen LogP contribution is 2.41. The highest BCUT2D eigenvalue weighted by atomic mass is 19.4. The molecule has 0 radical (unpaired) electrons. The predicted molar refractivity (Wildman–Crippen MR) is 100.0 cm³/mol. The molecule has 2 aliphatic heterocycles. The number of carbonyl (C=O) groups excluding carboxylic acids is 1. The lowest BCUT2D eigenvalue weighted by atomic mass is 9.85. The highest BCUT2D eigenvalue weighted by Gasteiger charge is 2.41. The number of hydrogen-bond donors (Lipinski definition) is 2. The average molecular weight is 458 g/mol. The number of fused-ring (bicyclic) bond motifs is 1. The first kappa shape index (κ1) is 22.0. The molecular formula is C20H19F5N4O3. The van der Waals surface area contributed by atoms with Gasteiger partial charge in [0.2, 0.25) is 0 Å². The molecule has 1 saturated heterocycles. The van der Waals surface area contributed by atoms with Crippen molar-refractivity contribution in [1.29, 1.82) is 0 Å². The Morgan fingerprint density at radius 3 is 2.41 bits per heavy atom. The Labute approximate surface area is 178 Å². The first-order chi connectivity index (χ1) is 15.1. The van der Waals surface area contributed by atoms with Crippen molar-refractivity contribution in [2.75, 3.05) is 19.6 Å². The van der Waals surface area contributed by atoms with Gasteiger partial charge in [0, 0.05) is 25.2 Å². The van der Waals surface area contributed by atoms with Crippen LogP contribution in [0.1, 0.15) is 51.6 Å². The van der Waals surface area contributed by atoms with E-state index in [9.17, 15) is 31.5 Å². The predicted octanol–water partition coefficient (Wildman–Crippen LogP) is 3.76. The van der Waals surface area contributed by atoms with Crippen molar-refractivity contribution in [2.24, 2.45) is 0 Å². The third kappa shape index (κ3) is 3.89. The van der Waals surface area contributed by atoms with E-state index < -0.39 is 41.3 Å². The van der Waals surface area contributed by atoms with E-state index in [1.165, 1.54) is 9.80 Å². The highest BCUT2D eigenvalue weighted by molar-refractivity contribution is 5.94. The molecule has 0 unspecified atom stereocenters. The van der Waals surface area contributed by atoms with Gasteiger partial charge >= 0.3 is 12.3 Å². The number of hydrogen-bond acceptors (Lipinski definition) is 3. The fourth-order valence-electron chi connectivity index (χ4n) is 4.40. The molecule has 0 aliphatic carbocycles. The van der Waals surface area contributed by atoms with Gasteiger partial charge in [-0.2, -0.15) is 18.3 Å². The summed E-state index contributed by atoms with van der Waals surface area (Å²) in [6.07, 6.45) is -5.49. The zero-order chi connectivity index (χ0) is 23.2. The molecule has 1 aromatic carbocycles. The Morgan fingerprint density at radius 1 is 1.09 bits per heavy atom. The lowest BCUT2D eigenvalue weighted by Crippen LogP contribution is -2.39. The molecule has 3 heterocycles. The topological polar surface area (TPSA) is 89.5 Å². The molecule has 0 bridgehead atoms. The number of nitrogens with zero attached hydrogens (tertiary/aromatic N) is 3. The van der Waals surface area contributed by atoms with Crippen molar-refractivity contribution in [3.63, 3.8) is 0 Å². The molecule has 0 spiro atoms. The zero-order valence-corrected chi connectivity index (χ0v) is 16.7. The number of likely N-dealkylation sites (tertiary alicyclic amines) is 1. The third-order valence-electron chi connectivity index (χ3n) is 6.04. The molecule has 172 valence electrons. The summed E-state index contributed by atoms with van der Waals surface area (Å²) in [5, 5.41) is 15.8. The lowest BCUT2D eigenvalue weighted by Gasteiger charge is -2.33. The maximum atomic E-state index is 13.9. The fraction of sp³-hybridized carbons (Fsp3) is 0.450. The smallest absolute Gasteiger partial charge is 0.419 e. The number of halogens is 5. The van der Waals surface area contributed by atoms with E-state index in [0.29, 0.717) is 23.7 Å². The van der Waals surface area contributed by atoms with Gasteiger partial charge in [0.1, 0.15) is 0 Å². The summed E-state index contributed by atoms with van der Waals surface area (Å²) in [4.78, 5) is 26.7. The summed E-state index contributed by atoms with van der Waals surface area (Å²) in [5.74, 6) is -4.54. The van der Waals surface area contributed by atoms with Crippen molar-refractivity contribution in [2.45, 2.75) is 37.9 Å². The summed E-state index contributed by atoms with van der Waals surface area (Å²) in [5.41, 5.74) is -0.559. The number of H-pyrrole nitrogens is 1. The van der Waals surface area contributed by atoms with E-state index in [2.05, 4.69) is 10.2 Å². The number of benzene rings is 1. The normalized spacial score (nSPS) is 17.4. The molecule has 2 amide bonds. The van der Waals surface area contributed by atoms with Crippen molar-refractivity contribution in [3.8, 4) is 0 Å². The second-order valence-electron chi connectivity index (χ2n) is 7.87. The SMILES string of the molecule is O=C(O)N1CCc2c(C(=O)N3CCC(c4ccc(F)c(F)c4C(F)(F)F)CC3)n[nH]c2C1. The van der Waals surface area contributed by atoms with E-state index >= 15 is 0 Å². The van der Waals surface area contributed by atoms with Crippen molar-refractivity contribution < 1.29 is 36.6 Å². The van der Waals surface area contributed by atoms with Crippen LogP contribution < -0.4 is 0 Å². The Balaban J connectivity index is 1.49. The summed E-state index contributed by atoms with van der Waals surface area (Å²) < 4.78 is 67.4. The number of piperidine rings is 1. The largest absolute Gasteiger partial charge is 0.465 e. The second kappa shape index (κ2) is 8.06. The Bertz CT molecular complexity index is 1060. The third-order valence-corrected chi connectivity index (χ3v) is 6.04. The van der Waals surface area contributed by atoms with Crippen LogP contribution in [-0.4, -0.2) is 56.7 Å². The van der Waals surface area contributed by atoms with Gasteiger partial charge in [0.05, 0.1) is 17.8 Å². The summed E-state index contributed by atoms with van der Waals surface area (Å²) in [6, 6.07) is 1.65. The molecule has 1 aromatic heterocycles. The van der Waals surface area contributed by atoms with Gasteiger partial charge < -0.3 is 14.9 Å². The Hall–Kier alpha value is -3.18. The van der Waals surface area contributed by atoms with Crippen LogP contribution >= 0.6 is 0 Å². The molecule has 32 heavy (non-hydrogen) atoms. The Kier molecular flexibility index (Phi) is 5.55. The molecule has 1 fully saturated rings. The number of carbonyl (C=O) groups is 2. The van der Waals surface area contributed by atoms with Crippen LogP contribution in [0, 0.1) is 11.6 Å². The summed E-state index contributed by atoms with van der Waals surface area (Å²) in [6.45, 7) is 0.565. The average Bonchev–Trinajstić information content (AvgIpc) is 3.17. The van der Waals surface area contributed by atoms with Crippen molar-refractivity contribution >= 4 is 12.0 Å². The molecule has 7 nitrogen and oxygen atoms in total. The van der Waals surface area contributed by atoms with Gasteiger partial charge in [-0.05, 0) is 36.8 Å². The minimum Gasteiger partial charge on any atom is -0.465 e. The van der Waals surface area contributed by atoms with E-state index in [-0.39, 0.29) is 50.3 Å². The zero-order valence-electron chi connectivity index (χ0n) is 16.7. The molecule has 0 saturated carbocycles. The van der Waals surface area contributed by atoms with Crippen molar-refractivity contribution in [3.05, 3.63) is 51.8 Å². The number of nitrogens with one attached hydrogen (secondary N) is 1. The second-order valence-corrected chi connectivity index (χ2v) is 7.87. The van der Waals surface area contributed by atoms with Crippen LogP contribution in [-0.2, 0) is 19.1 Å². The lowest BCUT2D eigenvalue weighted by molar-refractivity contribution is -0.141. The van der Waals surface area contributed by atoms with Gasteiger partial charge in [0.15, 0.2) is 17.3 Å². The fourth-order valence-corrected chi connectivity index (χ4v) is 4.40. The van der Waals surface area contributed by atoms with E-state index in [1.54, 1.807) is 0 Å². The molecule has 12 heteroatoms. The maximum Gasteiger partial charge on any atom is 0.419 e. The molecule has 2 aromatic rings. The first-order valence-electron chi connectivity index (χ1n) is 9.96. The number of alkyl halides is 3. The summed E-state index contributed by atoms with van der Waals surface area (Å²) >= 11 is 0. The first-order valence-corrected chi connectivity index (χ1v) is 9.96. The number of rotatable bonds is 2. The van der Waals surface area contributed by atoms with Crippen LogP contribution in [0.4, 0.5) is 26.7 Å². The molecular weight excluding hydrogens is 439 g/mol. The number of aromatic amines is 1. The standard InChI is InChI=1S/C20H19F5N4O3/c21-13-2-1-11(15(16(13)22)20(23,24)25)10-3-6-28(7-4-10)18(30)17-12-5-8-29(19(31)32)9-14(12)26-27-17/h1-2,10H,3-9H2,(H,26,27)(H,31,32). The van der Waals surface area contributed by atoms with Crippen LogP contribution in [0.15, 0.2) is 12.1 Å². The van der Waals surface area contributed by atoms with Gasteiger partial charge in [-0.25, -0.2) is 13.6 Å². The van der Waals surface area contributed by atoms with Crippen LogP contribution in [0.5, 0.6) is 0 Å². The molecule has 2 aliphatic rings. The van der Waals surface area contributed by atoms with E-state index in [4.69, 9.17) is 5.11 Å². The van der Waals surface area contributed by atoms with Gasteiger partial charge in [-0.3, -0.25) is 9.89 Å². The van der Waals surface area contributed by atoms with E-state index in [0.717, 1.165) is 6.07 Å². The monoisotopic (exact) mass is 458 g/mol. The molecule has 2 N–H and O–H groups in total. The molecule has 4 rings (SSSR count).